The van der Waals surface area contributed by atoms with Crippen LogP contribution in [0.3, 0.4) is 0 Å². The molecule has 3 rings (SSSR count). The Bertz CT molecular complexity index is 703. The van der Waals surface area contributed by atoms with Crippen LogP contribution >= 0.6 is 0 Å². The van der Waals surface area contributed by atoms with Crippen LogP contribution in [0, 0.1) is 11.3 Å². The van der Waals surface area contributed by atoms with Gasteiger partial charge in [-0.05, 0) is 24.3 Å². The third-order valence-corrected chi connectivity index (χ3v) is 2.51. The highest BCUT2D eigenvalue weighted by molar-refractivity contribution is 5.83. The maximum atomic E-state index is 9.31. The fourth-order valence-electron chi connectivity index (χ4n) is 1.60. The van der Waals surface area contributed by atoms with Crippen LogP contribution in [0.5, 0.6) is 5.75 Å². The summed E-state index contributed by atoms with van der Waals surface area (Å²) in [6, 6.07) is 20.3. The molecule has 3 nitrogen and oxygen atoms in total. The molecule has 98 valence electrons. The lowest BCUT2D eigenvalue weighted by Crippen LogP contribution is -1.76. The summed E-state index contributed by atoms with van der Waals surface area (Å²) in [6.45, 7) is 0. The van der Waals surface area contributed by atoms with E-state index in [-0.39, 0.29) is 23.1 Å². The number of para-hydroxylation sites is 1. The van der Waals surface area contributed by atoms with E-state index in [1.807, 2.05) is 42.5 Å². The van der Waals surface area contributed by atoms with Gasteiger partial charge in [0.05, 0.1) is 11.6 Å². The molecule has 4 heteroatoms. The molecule has 0 radical (unpaired) electrons. The molecule has 3 aromatic rings. The maximum Gasteiger partial charge on any atom is 0.187 e. The van der Waals surface area contributed by atoms with Gasteiger partial charge in [-0.1, -0.05) is 36.4 Å². The van der Waals surface area contributed by atoms with Crippen molar-refractivity contribution in [3.8, 4) is 11.8 Å². The number of fused-ring (bicyclic) bond motifs is 1. The summed E-state index contributed by atoms with van der Waals surface area (Å²) in [6.07, 6.45) is 1.67. The standard InChI is InChI=1S/C9H7NO.C7H5N.Al.3H/c11-8-5-1-3-7-4-2-6-10-9(7)8;8-6-7-4-2-1-3-5-7;;;;/h1-6,11H;1-5H;;;;. The van der Waals surface area contributed by atoms with Crippen LogP contribution in [0.4, 0.5) is 0 Å². The smallest absolute Gasteiger partial charge is 0.187 e. The van der Waals surface area contributed by atoms with Crippen LogP contribution < -0.4 is 0 Å². The minimum Gasteiger partial charge on any atom is -0.506 e. The number of pyridine rings is 1. The predicted molar refractivity (Wildman–Crippen MR) is 84.5 cm³/mol. The summed E-state index contributed by atoms with van der Waals surface area (Å²) in [5.74, 6) is 0.239. The maximum absolute atomic E-state index is 9.31. The minimum absolute atomic E-state index is 0. The Morgan fingerprint density at radius 2 is 1.60 bits per heavy atom. The topological polar surface area (TPSA) is 56.9 Å². The number of rotatable bonds is 0. The van der Waals surface area contributed by atoms with Gasteiger partial charge in [-0.15, -0.1) is 0 Å². The van der Waals surface area contributed by atoms with Gasteiger partial charge >= 0.3 is 0 Å². The van der Waals surface area contributed by atoms with Crippen LogP contribution in [0.2, 0.25) is 0 Å². The van der Waals surface area contributed by atoms with Gasteiger partial charge in [0.2, 0.25) is 0 Å². The normalized spacial score (nSPS) is 8.75. The summed E-state index contributed by atoms with van der Waals surface area (Å²) in [5, 5.41) is 18.6. The second-order valence-corrected chi connectivity index (χ2v) is 3.83. The Morgan fingerprint density at radius 3 is 2.20 bits per heavy atom. The molecule has 1 heterocycles. The molecule has 0 spiro atoms. The van der Waals surface area contributed by atoms with Crippen molar-refractivity contribution >= 4 is 28.3 Å². The van der Waals surface area contributed by atoms with Crippen LogP contribution in [0.25, 0.3) is 10.9 Å². The molecular formula is C16H15AlN2O. The lowest BCUT2D eigenvalue weighted by Gasteiger charge is -1.96. The summed E-state index contributed by atoms with van der Waals surface area (Å²) in [7, 11) is 0. The van der Waals surface area contributed by atoms with Crippen molar-refractivity contribution in [1.82, 2.24) is 4.98 Å². The van der Waals surface area contributed by atoms with Gasteiger partial charge in [0, 0.05) is 11.6 Å². The van der Waals surface area contributed by atoms with Crippen LogP contribution in [-0.2, 0) is 0 Å². The number of phenolic OH excluding ortho intramolecular Hbond substituents is 1. The number of hydrogen-bond donors (Lipinski definition) is 1. The quantitative estimate of drug-likeness (QED) is 0.642. The molecule has 0 aliphatic rings. The van der Waals surface area contributed by atoms with Crippen molar-refractivity contribution in [1.29, 1.82) is 5.26 Å². The number of phenols is 1. The molecule has 0 unspecified atom stereocenters. The van der Waals surface area contributed by atoms with E-state index in [1.165, 1.54) is 0 Å². The summed E-state index contributed by atoms with van der Waals surface area (Å²) in [5.41, 5.74) is 1.38. The number of nitriles is 1. The third kappa shape index (κ3) is 4.10. The van der Waals surface area contributed by atoms with Gasteiger partial charge in [-0.3, -0.25) is 4.98 Å². The number of nitrogens with zero attached hydrogens (tertiary/aromatic N) is 2. The van der Waals surface area contributed by atoms with Crippen molar-refractivity contribution in [2.45, 2.75) is 0 Å². The van der Waals surface area contributed by atoms with Crippen molar-refractivity contribution in [2.75, 3.05) is 0 Å². The molecular weight excluding hydrogens is 263 g/mol. The average molecular weight is 278 g/mol. The van der Waals surface area contributed by atoms with Crippen molar-refractivity contribution in [3.63, 3.8) is 0 Å². The van der Waals surface area contributed by atoms with E-state index in [0.717, 1.165) is 5.39 Å². The minimum atomic E-state index is 0. The summed E-state index contributed by atoms with van der Waals surface area (Å²) < 4.78 is 0. The van der Waals surface area contributed by atoms with Crippen molar-refractivity contribution in [2.24, 2.45) is 0 Å². The van der Waals surface area contributed by atoms with Gasteiger partial charge in [0.15, 0.2) is 17.4 Å². The van der Waals surface area contributed by atoms with E-state index < -0.39 is 0 Å². The van der Waals surface area contributed by atoms with E-state index in [2.05, 4.69) is 4.98 Å². The molecule has 20 heavy (non-hydrogen) atoms. The zero-order valence-electron chi connectivity index (χ0n) is 10.2. The largest absolute Gasteiger partial charge is 0.506 e. The zero-order valence-corrected chi connectivity index (χ0v) is 10.2. The van der Waals surface area contributed by atoms with Crippen molar-refractivity contribution in [3.05, 3.63) is 72.4 Å². The molecule has 0 fully saturated rings. The molecule has 2 aromatic carbocycles. The molecule has 0 amide bonds. The summed E-state index contributed by atoms with van der Waals surface area (Å²) in [4.78, 5) is 4.03. The number of aromatic nitrogens is 1. The predicted octanol–water partition coefficient (Wildman–Crippen LogP) is 2.31. The second-order valence-electron chi connectivity index (χ2n) is 3.83. The Hall–Kier alpha value is -2.33. The van der Waals surface area contributed by atoms with Crippen LogP contribution in [-0.4, -0.2) is 27.5 Å². The van der Waals surface area contributed by atoms with Gasteiger partial charge in [0.1, 0.15) is 11.3 Å². The molecule has 0 aliphatic carbocycles. The highest BCUT2D eigenvalue weighted by Gasteiger charge is 1.96. The first-order chi connectivity index (χ1) is 9.31. The second kappa shape index (κ2) is 7.97. The number of aromatic hydroxyl groups is 1. The third-order valence-electron chi connectivity index (χ3n) is 2.51. The summed E-state index contributed by atoms with van der Waals surface area (Å²) >= 11 is 0. The lowest BCUT2D eigenvalue weighted by molar-refractivity contribution is 0.480. The number of hydrogen-bond acceptors (Lipinski definition) is 3. The van der Waals surface area contributed by atoms with E-state index in [1.54, 1.807) is 30.5 Å². The zero-order chi connectivity index (χ0) is 13.5. The highest BCUT2D eigenvalue weighted by Crippen LogP contribution is 2.20. The van der Waals surface area contributed by atoms with Crippen LogP contribution in [0.15, 0.2) is 66.9 Å². The fraction of sp³-hybridized carbons (Fsp3) is 0. The first-order valence-corrected chi connectivity index (χ1v) is 5.79. The Labute approximate surface area is 128 Å². The highest BCUT2D eigenvalue weighted by atomic mass is 27.0. The molecule has 1 aromatic heterocycles. The monoisotopic (exact) mass is 278 g/mol. The van der Waals surface area contributed by atoms with Crippen LogP contribution in [0.1, 0.15) is 5.56 Å². The fourth-order valence-corrected chi connectivity index (χ4v) is 1.60. The molecule has 0 atom stereocenters. The lowest BCUT2D eigenvalue weighted by atomic mass is 10.2. The SMILES string of the molecule is N#Cc1ccccc1.Oc1cccc2cccnc12.[AlH3]. The average Bonchev–Trinajstić information content (AvgIpc) is 2.49. The first kappa shape index (κ1) is 15.7. The Balaban J connectivity index is 0.000000200. The van der Waals surface area contributed by atoms with Gasteiger partial charge in [-0.25, -0.2) is 0 Å². The molecule has 1 N–H and O–H groups in total. The van der Waals surface area contributed by atoms with E-state index in [4.69, 9.17) is 5.26 Å². The molecule has 0 bridgehead atoms. The van der Waals surface area contributed by atoms with Gasteiger partial charge in [-0.2, -0.15) is 5.26 Å². The van der Waals surface area contributed by atoms with Gasteiger partial charge < -0.3 is 5.11 Å². The Morgan fingerprint density at radius 1 is 0.900 bits per heavy atom. The van der Waals surface area contributed by atoms with E-state index >= 15 is 0 Å². The van der Waals surface area contributed by atoms with E-state index in [9.17, 15) is 5.11 Å². The first-order valence-electron chi connectivity index (χ1n) is 5.79. The molecule has 0 saturated heterocycles. The molecule has 0 aliphatic heterocycles. The van der Waals surface area contributed by atoms with Crippen molar-refractivity contribution < 1.29 is 5.11 Å². The van der Waals surface area contributed by atoms with E-state index in [0.29, 0.717) is 11.1 Å². The van der Waals surface area contributed by atoms with Gasteiger partial charge in [0.25, 0.3) is 0 Å². The number of benzene rings is 2. The molecule has 0 saturated carbocycles. The Kier molecular flexibility index (Phi) is 6.27.